The molecule has 2 nitrogen and oxygen atoms in total. The van der Waals surface area contributed by atoms with Crippen LogP contribution in [-0.4, -0.2) is 12.3 Å². The van der Waals surface area contributed by atoms with Crippen LogP contribution in [0.1, 0.15) is 32.1 Å². The minimum absolute atomic E-state index is 0.186. The molecule has 2 heteroatoms. The average molecular weight is 167 g/mol. The fourth-order valence-corrected chi connectivity index (χ4v) is 2.00. The molecule has 0 aromatic carbocycles. The van der Waals surface area contributed by atoms with Gasteiger partial charge in [-0.25, -0.2) is 0 Å². The van der Waals surface area contributed by atoms with Crippen molar-refractivity contribution in [2.24, 2.45) is 11.1 Å². The van der Waals surface area contributed by atoms with Crippen LogP contribution in [-0.2, 0) is 4.79 Å². The van der Waals surface area contributed by atoms with Crippen molar-refractivity contribution in [3.8, 4) is 0 Å². The highest BCUT2D eigenvalue weighted by molar-refractivity contribution is 5.86. The van der Waals surface area contributed by atoms with Gasteiger partial charge in [0.2, 0.25) is 0 Å². The first kappa shape index (κ1) is 9.46. The third kappa shape index (κ3) is 1.58. The fraction of sp³-hybridized carbons (Fsp3) is 0.700. The molecule has 0 heterocycles. The largest absolute Gasteiger partial charge is 0.329 e. The number of Topliss-reactive ketones (excluding diaryl/α,β-unsaturated/α-hetero) is 1. The van der Waals surface area contributed by atoms with Crippen molar-refractivity contribution >= 4 is 5.78 Å². The highest BCUT2D eigenvalue weighted by Crippen LogP contribution is 2.38. The molecule has 0 unspecified atom stereocenters. The number of carbonyl (C=O) groups is 1. The van der Waals surface area contributed by atoms with E-state index in [1.165, 1.54) is 0 Å². The smallest absolute Gasteiger partial charge is 0.144 e. The third-order valence-electron chi connectivity index (χ3n) is 2.87. The molecular formula is C10H17NO. The van der Waals surface area contributed by atoms with Crippen molar-refractivity contribution in [3.05, 3.63) is 12.7 Å². The van der Waals surface area contributed by atoms with Crippen LogP contribution in [0.15, 0.2) is 12.7 Å². The summed E-state index contributed by atoms with van der Waals surface area (Å²) < 4.78 is 0. The second kappa shape index (κ2) is 3.85. The van der Waals surface area contributed by atoms with E-state index < -0.39 is 0 Å². The van der Waals surface area contributed by atoms with Crippen LogP contribution >= 0.6 is 0 Å². The van der Waals surface area contributed by atoms with Crippen molar-refractivity contribution in [1.29, 1.82) is 0 Å². The first-order valence-corrected chi connectivity index (χ1v) is 4.59. The Morgan fingerprint density at radius 3 is 2.50 bits per heavy atom. The molecule has 1 aliphatic rings. The van der Waals surface area contributed by atoms with Crippen molar-refractivity contribution in [2.75, 3.05) is 6.54 Å². The zero-order valence-electron chi connectivity index (χ0n) is 7.51. The highest BCUT2D eigenvalue weighted by atomic mass is 16.1. The summed E-state index contributed by atoms with van der Waals surface area (Å²) in [5.74, 6) is 0.289. The summed E-state index contributed by atoms with van der Waals surface area (Å²) in [5.41, 5.74) is 5.46. The van der Waals surface area contributed by atoms with Crippen LogP contribution in [0.25, 0.3) is 0 Å². The number of hydrogen-bond donors (Lipinski definition) is 1. The zero-order valence-corrected chi connectivity index (χ0v) is 7.51. The summed E-state index contributed by atoms with van der Waals surface area (Å²) in [6.07, 6.45) is 6.43. The van der Waals surface area contributed by atoms with Crippen LogP contribution in [0.5, 0.6) is 0 Å². The lowest BCUT2D eigenvalue weighted by molar-refractivity contribution is -0.127. The molecule has 1 fully saturated rings. The standard InChI is InChI=1S/C10H17NO/c1-2-5-9(12)10(8-11)6-3-4-7-10/h2H,1,3-8,11H2. The van der Waals surface area contributed by atoms with Gasteiger partial charge in [0, 0.05) is 18.4 Å². The Morgan fingerprint density at radius 1 is 1.50 bits per heavy atom. The van der Waals surface area contributed by atoms with Gasteiger partial charge in [0.15, 0.2) is 0 Å². The summed E-state index contributed by atoms with van der Waals surface area (Å²) in [5, 5.41) is 0. The lowest BCUT2D eigenvalue weighted by atomic mass is 9.80. The Balaban J connectivity index is 2.65. The highest BCUT2D eigenvalue weighted by Gasteiger charge is 2.38. The molecule has 1 rings (SSSR count). The molecule has 0 saturated heterocycles. The SMILES string of the molecule is C=CCC(=O)C1(CN)CCCC1. The topological polar surface area (TPSA) is 43.1 Å². The van der Waals surface area contributed by atoms with Gasteiger partial charge in [0.25, 0.3) is 0 Å². The van der Waals surface area contributed by atoms with Crippen LogP contribution in [0.4, 0.5) is 0 Å². The molecular weight excluding hydrogens is 150 g/mol. The van der Waals surface area contributed by atoms with E-state index in [1.54, 1.807) is 6.08 Å². The third-order valence-corrected chi connectivity index (χ3v) is 2.87. The maximum atomic E-state index is 11.6. The van der Waals surface area contributed by atoms with Gasteiger partial charge in [0.1, 0.15) is 5.78 Å². The Kier molecular flexibility index (Phi) is 3.04. The molecule has 1 aliphatic carbocycles. The number of carbonyl (C=O) groups excluding carboxylic acids is 1. The van der Waals surface area contributed by atoms with Gasteiger partial charge in [-0.15, -0.1) is 6.58 Å². The molecule has 1 saturated carbocycles. The predicted molar refractivity (Wildman–Crippen MR) is 49.8 cm³/mol. The van der Waals surface area contributed by atoms with Gasteiger partial charge in [-0.3, -0.25) is 4.79 Å². The number of hydrogen-bond acceptors (Lipinski definition) is 2. The first-order valence-electron chi connectivity index (χ1n) is 4.59. The van der Waals surface area contributed by atoms with Crippen molar-refractivity contribution in [1.82, 2.24) is 0 Å². The van der Waals surface area contributed by atoms with Gasteiger partial charge in [0.05, 0.1) is 0 Å². The van der Waals surface area contributed by atoms with Crippen molar-refractivity contribution in [2.45, 2.75) is 32.1 Å². The number of allylic oxidation sites excluding steroid dienone is 1. The van der Waals surface area contributed by atoms with Crippen LogP contribution in [0.3, 0.4) is 0 Å². The van der Waals surface area contributed by atoms with Gasteiger partial charge >= 0.3 is 0 Å². The molecule has 68 valence electrons. The van der Waals surface area contributed by atoms with Gasteiger partial charge < -0.3 is 5.73 Å². The molecule has 0 aliphatic heterocycles. The lowest BCUT2D eigenvalue weighted by Crippen LogP contribution is -2.35. The minimum Gasteiger partial charge on any atom is -0.329 e. The van der Waals surface area contributed by atoms with E-state index in [2.05, 4.69) is 6.58 Å². The quantitative estimate of drug-likeness (QED) is 0.647. The van der Waals surface area contributed by atoms with Crippen LogP contribution in [0, 0.1) is 5.41 Å². The van der Waals surface area contributed by atoms with E-state index in [0.29, 0.717) is 13.0 Å². The molecule has 12 heavy (non-hydrogen) atoms. The van der Waals surface area contributed by atoms with Crippen LogP contribution in [0.2, 0.25) is 0 Å². The van der Waals surface area contributed by atoms with E-state index in [0.717, 1.165) is 25.7 Å². The fourth-order valence-electron chi connectivity index (χ4n) is 2.00. The second-order valence-corrected chi connectivity index (χ2v) is 3.61. The average Bonchev–Trinajstić information content (AvgIpc) is 2.54. The van der Waals surface area contributed by atoms with Crippen molar-refractivity contribution in [3.63, 3.8) is 0 Å². The molecule has 0 aromatic rings. The first-order chi connectivity index (χ1) is 5.75. The lowest BCUT2D eigenvalue weighted by Gasteiger charge is -2.24. The molecule has 0 aromatic heterocycles. The summed E-state index contributed by atoms with van der Waals surface area (Å²) >= 11 is 0. The molecule has 0 amide bonds. The van der Waals surface area contributed by atoms with E-state index in [9.17, 15) is 4.79 Å². The van der Waals surface area contributed by atoms with Gasteiger partial charge in [-0.1, -0.05) is 18.9 Å². The molecule has 0 spiro atoms. The summed E-state index contributed by atoms with van der Waals surface area (Å²) in [7, 11) is 0. The minimum atomic E-state index is -0.186. The van der Waals surface area contributed by atoms with Gasteiger partial charge in [-0.2, -0.15) is 0 Å². The van der Waals surface area contributed by atoms with Gasteiger partial charge in [-0.05, 0) is 12.8 Å². The normalized spacial score (nSPS) is 20.8. The maximum Gasteiger partial charge on any atom is 0.144 e. The zero-order chi connectivity index (χ0) is 9.03. The Hall–Kier alpha value is -0.630. The summed E-state index contributed by atoms with van der Waals surface area (Å²) in [4.78, 5) is 11.6. The predicted octanol–water partition coefficient (Wildman–Crippen LogP) is 1.65. The van der Waals surface area contributed by atoms with E-state index >= 15 is 0 Å². The van der Waals surface area contributed by atoms with E-state index in [4.69, 9.17) is 5.73 Å². The number of rotatable bonds is 4. The summed E-state index contributed by atoms with van der Waals surface area (Å²) in [6.45, 7) is 4.09. The van der Waals surface area contributed by atoms with Crippen molar-refractivity contribution < 1.29 is 4.79 Å². The second-order valence-electron chi connectivity index (χ2n) is 3.61. The Bertz CT molecular complexity index is 180. The molecule has 0 bridgehead atoms. The number of nitrogens with two attached hydrogens (primary N) is 1. The summed E-state index contributed by atoms with van der Waals surface area (Å²) in [6, 6.07) is 0. The number of ketones is 1. The molecule has 0 atom stereocenters. The maximum absolute atomic E-state index is 11.6. The molecule has 2 N–H and O–H groups in total. The Morgan fingerprint density at radius 2 is 2.08 bits per heavy atom. The molecule has 0 radical (unpaired) electrons. The Labute approximate surface area is 73.8 Å². The van der Waals surface area contributed by atoms with E-state index in [1.807, 2.05) is 0 Å². The van der Waals surface area contributed by atoms with E-state index in [-0.39, 0.29) is 11.2 Å². The monoisotopic (exact) mass is 167 g/mol. The van der Waals surface area contributed by atoms with Crippen LogP contribution < -0.4 is 5.73 Å².